The Morgan fingerprint density at radius 1 is 1.21 bits per heavy atom. The molecule has 0 aromatic heterocycles. The molecule has 0 amide bonds. The van der Waals surface area contributed by atoms with E-state index in [9.17, 15) is 18.3 Å². The average molecular weight is 404 g/mol. The maximum absolute atomic E-state index is 12.5. The third kappa shape index (κ3) is 4.10. The Labute approximate surface area is 167 Å². The summed E-state index contributed by atoms with van der Waals surface area (Å²) in [7, 11) is 0. The van der Waals surface area contributed by atoms with Crippen molar-refractivity contribution >= 4 is 17.6 Å². The van der Waals surface area contributed by atoms with Crippen LogP contribution in [0.15, 0.2) is 35.3 Å². The number of aliphatic imine (C=N–C) groups is 1. The summed E-state index contributed by atoms with van der Waals surface area (Å²) >= 11 is 0. The summed E-state index contributed by atoms with van der Waals surface area (Å²) < 4.78 is 41.4. The van der Waals surface area contributed by atoms with Gasteiger partial charge < -0.3 is 15.2 Å². The fourth-order valence-electron chi connectivity index (χ4n) is 4.29. The van der Waals surface area contributed by atoms with Crippen LogP contribution in [0, 0.1) is 5.92 Å². The molecule has 0 saturated heterocycles. The highest BCUT2D eigenvalue weighted by Gasteiger charge is 2.32. The molecule has 0 radical (unpaired) electrons. The molecule has 1 saturated carbocycles. The molecule has 0 spiro atoms. The minimum Gasteiger partial charge on any atom is -0.406 e. The topological polar surface area (TPSA) is 53.9 Å². The lowest BCUT2D eigenvalue weighted by molar-refractivity contribution is -0.274. The smallest absolute Gasteiger partial charge is 0.406 e. The van der Waals surface area contributed by atoms with E-state index in [-0.39, 0.29) is 12.4 Å². The number of anilines is 1. The molecule has 1 heterocycles. The van der Waals surface area contributed by atoms with Gasteiger partial charge in [0.15, 0.2) is 0 Å². The lowest BCUT2D eigenvalue weighted by Gasteiger charge is -2.36. The highest BCUT2D eigenvalue weighted by atomic mass is 19.4. The van der Waals surface area contributed by atoms with E-state index in [1.807, 2.05) is 0 Å². The normalized spacial score (nSPS) is 20.6. The fourth-order valence-corrected chi connectivity index (χ4v) is 4.29. The molecule has 7 heteroatoms. The number of hydrogen-bond acceptors (Lipinski definition) is 4. The van der Waals surface area contributed by atoms with Crippen molar-refractivity contribution in [1.82, 2.24) is 0 Å². The van der Waals surface area contributed by atoms with Crippen molar-refractivity contribution in [3.8, 4) is 16.9 Å². The van der Waals surface area contributed by atoms with E-state index in [1.165, 1.54) is 17.7 Å². The van der Waals surface area contributed by atoms with E-state index in [0.29, 0.717) is 24.8 Å². The van der Waals surface area contributed by atoms with Gasteiger partial charge in [-0.25, -0.2) is 0 Å². The Morgan fingerprint density at radius 2 is 1.93 bits per heavy atom. The monoisotopic (exact) mass is 404 g/mol. The molecular formula is C22H23F3N2O2. The van der Waals surface area contributed by atoms with Crippen molar-refractivity contribution in [2.45, 2.75) is 38.5 Å². The van der Waals surface area contributed by atoms with E-state index >= 15 is 0 Å². The molecule has 29 heavy (non-hydrogen) atoms. The highest BCUT2D eigenvalue weighted by molar-refractivity contribution is 5.93. The molecule has 0 unspecified atom stereocenters. The van der Waals surface area contributed by atoms with Gasteiger partial charge in [0.1, 0.15) is 5.75 Å². The van der Waals surface area contributed by atoms with Crippen LogP contribution in [0.5, 0.6) is 5.75 Å². The number of nitrogens with zero attached hydrogens (tertiary/aromatic N) is 1. The Morgan fingerprint density at radius 3 is 2.55 bits per heavy atom. The summed E-state index contributed by atoms with van der Waals surface area (Å²) in [4.78, 5) is 4.61. The van der Waals surface area contributed by atoms with Crippen LogP contribution >= 0.6 is 0 Å². The largest absolute Gasteiger partial charge is 0.573 e. The highest BCUT2D eigenvalue weighted by Crippen LogP contribution is 2.49. The summed E-state index contributed by atoms with van der Waals surface area (Å²) in [6, 6.07) is 8.04. The van der Waals surface area contributed by atoms with Crippen molar-refractivity contribution in [1.29, 1.82) is 0 Å². The Bertz CT molecular complexity index is 917. The van der Waals surface area contributed by atoms with Gasteiger partial charge in [-0.15, -0.1) is 13.2 Å². The van der Waals surface area contributed by atoms with Gasteiger partial charge in [-0.3, -0.25) is 4.99 Å². The minimum atomic E-state index is -4.71. The first-order chi connectivity index (χ1) is 13.9. The third-order valence-electron chi connectivity index (χ3n) is 5.61. The van der Waals surface area contributed by atoms with Gasteiger partial charge in [0, 0.05) is 18.4 Å². The average Bonchev–Trinajstić information content (AvgIpc) is 2.66. The molecule has 1 fully saturated rings. The fraction of sp³-hybridized carbons (Fsp3) is 0.409. The SMILES string of the molecule is CC1CC(c2cc(-c3ccc(OC(F)(F)F)cc3)c3c(c2CCO)N=CCN3)C1. The molecule has 4 nitrogen and oxygen atoms in total. The molecule has 2 aliphatic rings. The second-order valence-electron chi connectivity index (χ2n) is 7.73. The van der Waals surface area contributed by atoms with Gasteiger partial charge >= 0.3 is 6.36 Å². The number of rotatable bonds is 5. The van der Waals surface area contributed by atoms with E-state index in [2.05, 4.69) is 28.0 Å². The predicted octanol–water partition coefficient (Wildman–Crippen LogP) is 5.43. The van der Waals surface area contributed by atoms with E-state index < -0.39 is 6.36 Å². The van der Waals surface area contributed by atoms with Crippen LogP contribution in [0.1, 0.15) is 36.8 Å². The zero-order chi connectivity index (χ0) is 20.6. The molecule has 154 valence electrons. The first-order valence-corrected chi connectivity index (χ1v) is 9.79. The Hall–Kier alpha value is -2.54. The molecule has 2 aromatic rings. The lowest BCUT2D eigenvalue weighted by Crippen LogP contribution is -2.21. The van der Waals surface area contributed by atoms with Gasteiger partial charge in [0.05, 0.1) is 17.9 Å². The van der Waals surface area contributed by atoms with Crippen molar-refractivity contribution < 1.29 is 23.0 Å². The number of aliphatic hydroxyl groups excluding tert-OH is 1. The van der Waals surface area contributed by atoms with Crippen molar-refractivity contribution in [3.05, 3.63) is 41.5 Å². The van der Waals surface area contributed by atoms with E-state index in [0.717, 1.165) is 40.9 Å². The van der Waals surface area contributed by atoms with Crippen molar-refractivity contribution in [2.75, 3.05) is 18.5 Å². The molecule has 0 atom stereocenters. The van der Waals surface area contributed by atoms with Crippen LogP contribution in [-0.4, -0.2) is 30.8 Å². The number of alkyl halides is 3. The zero-order valence-corrected chi connectivity index (χ0v) is 16.1. The molecule has 0 bridgehead atoms. The first kappa shape index (κ1) is 19.8. The van der Waals surface area contributed by atoms with Gasteiger partial charge in [0.25, 0.3) is 0 Å². The van der Waals surface area contributed by atoms with E-state index in [4.69, 9.17) is 0 Å². The van der Waals surface area contributed by atoms with Gasteiger partial charge in [-0.05, 0) is 66.0 Å². The summed E-state index contributed by atoms with van der Waals surface area (Å²) in [5.41, 5.74) is 5.63. The van der Waals surface area contributed by atoms with E-state index in [1.54, 1.807) is 18.3 Å². The summed E-state index contributed by atoms with van der Waals surface area (Å²) in [6.45, 7) is 2.84. The molecule has 1 aliphatic heterocycles. The number of ether oxygens (including phenoxy) is 1. The molecule has 4 rings (SSSR count). The lowest BCUT2D eigenvalue weighted by atomic mass is 9.70. The number of nitrogens with one attached hydrogen (secondary N) is 1. The number of aliphatic hydroxyl groups is 1. The first-order valence-electron chi connectivity index (χ1n) is 9.79. The van der Waals surface area contributed by atoms with Crippen LogP contribution in [0.25, 0.3) is 11.1 Å². The Kier molecular flexibility index (Phi) is 5.25. The maximum atomic E-state index is 12.5. The van der Waals surface area contributed by atoms with Gasteiger partial charge in [-0.2, -0.15) is 0 Å². The van der Waals surface area contributed by atoms with Gasteiger partial charge in [0.2, 0.25) is 0 Å². The van der Waals surface area contributed by atoms with Crippen LogP contribution in [0.3, 0.4) is 0 Å². The van der Waals surface area contributed by atoms with Crippen LogP contribution in [-0.2, 0) is 6.42 Å². The number of fused-ring (bicyclic) bond motifs is 1. The molecule has 1 aliphatic carbocycles. The van der Waals surface area contributed by atoms with Crippen LogP contribution in [0.2, 0.25) is 0 Å². The zero-order valence-electron chi connectivity index (χ0n) is 16.1. The molecular weight excluding hydrogens is 381 g/mol. The summed E-state index contributed by atoms with van der Waals surface area (Å²) in [5.74, 6) is 0.841. The second kappa shape index (κ2) is 7.71. The summed E-state index contributed by atoms with van der Waals surface area (Å²) in [5, 5.41) is 13.0. The predicted molar refractivity (Wildman–Crippen MR) is 107 cm³/mol. The number of benzene rings is 2. The molecule has 2 N–H and O–H groups in total. The number of hydrogen-bond donors (Lipinski definition) is 2. The van der Waals surface area contributed by atoms with Crippen LogP contribution < -0.4 is 10.1 Å². The quantitative estimate of drug-likeness (QED) is 0.699. The van der Waals surface area contributed by atoms with Crippen molar-refractivity contribution in [3.63, 3.8) is 0 Å². The van der Waals surface area contributed by atoms with Crippen LogP contribution in [0.4, 0.5) is 24.5 Å². The molecule has 2 aromatic carbocycles. The second-order valence-corrected chi connectivity index (χ2v) is 7.73. The summed E-state index contributed by atoms with van der Waals surface area (Å²) in [6.07, 6.45) is -0.198. The minimum absolute atomic E-state index is 0.0417. The maximum Gasteiger partial charge on any atom is 0.573 e. The Balaban J connectivity index is 1.79. The van der Waals surface area contributed by atoms with Gasteiger partial charge in [-0.1, -0.05) is 19.1 Å². The van der Waals surface area contributed by atoms with Crippen molar-refractivity contribution in [2.24, 2.45) is 10.9 Å². The standard InChI is InChI=1S/C22H23F3N2O2/c1-13-10-15(11-13)18-12-19(14-2-4-16(5-3-14)29-22(23,24)25)21-20(17(18)6-9-28)26-7-8-27-21/h2-5,7,12-13,15,27-28H,6,8-11H2,1H3. The third-order valence-corrected chi connectivity index (χ3v) is 5.61. The number of halogens is 3.